The number of benzene rings is 1. The largest absolute Gasteiger partial charge is 0.479 e. The molecule has 0 aliphatic carbocycles. The summed E-state index contributed by atoms with van der Waals surface area (Å²) in [5, 5.41) is 0. The average molecular weight is 278 g/mol. The number of hydrogen-bond acceptors (Lipinski definition) is 3. The summed E-state index contributed by atoms with van der Waals surface area (Å²) in [7, 11) is 0. The summed E-state index contributed by atoms with van der Waals surface area (Å²) in [6.07, 6.45) is 0.498. The monoisotopic (exact) mass is 278 g/mol. The van der Waals surface area contributed by atoms with Crippen LogP contribution in [0.3, 0.4) is 0 Å². The summed E-state index contributed by atoms with van der Waals surface area (Å²) >= 11 is 0. The Labute approximate surface area is 122 Å². The molecule has 0 aliphatic heterocycles. The molecule has 1 aromatic rings. The first-order valence-electron chi connectivity index (χ1n) is 7.22. The minimum atomic E-state index is -0.608. The molecular weight excluding hydrogens is 252 g/mol. The van der Waals surface area contributed by atoms with E-state index in [1.807, 2.05) is 45.0 Å². The number of carbonyl (C=O) groups is 1. The van der Waals surface area contributed by atoms with Gasteiger partial charge in [0, 0.05) is 0 Å². The lowest BCUT2D eigenvalue weighted by atomic mass is 9.99. The molecular formula is C17H26O3. The Morgan fingerprint density at radius 2 is 1.70 bits per heavy atom. The Hall–Kier alpha value is -1.51. The first-order chi connectivity index (χ1) is 9.23. The molecule has 2 unspecified atom stereocenters. The molecule has 3 heteroatoms. The second kappa shape index (κ2) is 6.78. The van der Waals surface area contributed by atoms with Gasteiger partial charge >= 0.3 is 5.97 Å². The van der Waals surface area contributed by atoms with Gasteiger partial charge in [-0.25, -0.2) is 4.79 Å². The first kappa shape index (κ1) is 16.5. The summed E-state index contributed by atoms with van der Waals surface area (Å²) in [6.45, 7) is 11.6. The lowest BCUT2D eigenvalue weighted by Gasteiger charge is -2.22. The fourth-order valence-corrected chi connectivity index (χ4v) is 1.75. The van der Waals surface area contributed by atoms with E-state index in [4.69, 9.17) is 9.47 Å². The van der Waals surface area contributed by atoms with Gasteiger partial charge in [0.25, 0.3) is 0 Å². The summed E-state index contributed by atoms with van der Waals surface area (Å²) in [5.74, 6) is 0.881. The van der Waals surface area contributed by atoms with Crippen molar-refractivity contribution >= 4 is 5.97 Å². The van der Waals surface area contributed by atoms with Crippen molar-refractivity contribution in [1.82, 2.24) is 0 Å². The van der Waals surface area contributed by atoms with Gasteiger partial charge in [0.05, 0.1) is 0 Å². The van der Waals surface area contributed by atoms with Crippen LogP contribution in [0.15, 0.2) is 24.3 Å². The molecule has 0 amide bonds. The third-order valence-corrected chi connectivity index (χ3v) is 3.11. The standard InChI is InChI=1S/C17H26O3/c1-7-12(2)14-8-10-15(11-9-14)19-13(3)16(18)20-17(4,5)6/h8-13H,7H2,1-6H3. The molecule has 1 rings (SSSR count). The lowest BCUT2D eigenvalue weighted by Crippen LogP contribution is -2.33. The van der Waals surface area contributed by atoms with Crippen LogP contribution in [0.5, 0.6) is 5.75 Å². The van der Waals surface area contributed by atoms with E-state index in [-0.39, 0.29) is 5.97 Å². The van der Waals surface area contributed by atoms with Crippen LogP contribution in [0, 0.1) is 0 Å². The van der Waals surface area contributed by atoms with Crippen molar-refractivity contribution in [2.45, 2.75) is 65.6 Å². The van der Waals surface area contributed by atoms with Gasteiger partial charge in [0.1, 0.15) is 11.4 Å². The summed E-state index contributed by atoms with van der Waals surface area (Å²) in [6, 6.07) is 7.90. The summed E-state index contributed by atoms with van der Waals surface area (Å²) in [4.78, 5) is 11.8. The highest BCUT2D eigenvalue weighted by Crippen LogP contribution is 2.22. The fourth-order valence-electron chi connectivity index (χ4n) is 1.75. The van der Waals surface area contributed by atoms with Crippen molar-refractivity contribution in [2.24, 2.45) is 0 Å². The first-order valence-corrected chi connectivity index (χ1v) is 7.22. The topological polar surface area (TPSA) is 35.5 Å². The van der Waals surface area contributed by atoms with Gasteiger partial charge in [0.15, 0.2) is 6.10 Å². The number of rotatable bonds is 5. The molecule has 3 nitrogen and oxygen atoms in total. The zero-order valence-electron chi connectivity index (χ0n) is 13.4. The quantitative estimate of drug-likeness (QED) is 0.753. The van der Waals surface area contributed by atoms with Crippen molar-refractivity contribution in [3.63, 3.8) is 0 Å². The van der Waals surface area contributed by atoms with Gasteiger partial charge in [-0.3, -0.25) is 0 Å². The van der Waals surface area contributed by atoms with Gasteiger partial charge < -0.3 is 9.47 Å². The van der Waals surface area contributed by atoms with E-state index in [1.165, 1.54) is 5.56 Å². The highest BCUT2D eigenvalue weighted by molar-refractivity contribution is 5.75. The van der Waals surface area contributed by atoms with E-state index in [1.54, 1.807) is 6.92 Å². The smallest absolute Gasteiger partial charge is 0.347 e. The molecule has 0 bridgehead atoms. The maximum atomic E-state index is 11.8. The van der Waals surface area contributed by atoms with Crippen molar-refractivity contribution < 1.29 is 14.3 Å². The highest BCUT2D eigenvalue weighted by atomic mass is 16.6. The van der Waals surface area contributed by atoms with Crippen molar-refractivity contribution in [3.8, 4) is 5.75 Å². The van der Waals surface area contributed by atoms with Crippen LogP contribution in [0.4, 0.5) is 0 Å². The van der Waals surface area contributed by atoms with E-state index < -0.39 is 11.7 Å². The van der Waals surface area contributed by atoms with Crippen LogP contribution < -0.4 is 4.74 Å². The van der Waals surface area contributed by atoms with Crippen molar-refractivity contribution in [2.75, 3.05) is 0 Å². The highest BCUT2D eigenvalue weighted by Gasteiger charge is 2.22. The molecule has 0 aliphatic rings. The number of ether oxygens (including phenoxy) is 2. The second-order valence-electron chi connectivity index (χ2n) is 6.17. The average Bonchev–Trinajstić information content (AvgIpc) is 2.36. The van der Waals surface area contributed by atoms with Crippen LogP contribution in [-0.2, 0) is 9.53 Å². The summed E-state index contributed by atoms with van der Waals surface area (Å²) < 4.78 is 10.9. The molecule has 112 valence electrons. The maximum Gasteiger partial charge on any atom is 0.347 e. The van der Waals surface area contributed by atoms with Gasteiger partial charge in [-0.1, -0.05) is 26.0 Å². The maximum absolute atomic E-state index is 11.8. The predicted octanol–water partition coefficient (Wildman–Crippen LogP) is 4.31. The van der Waals surface area contributed by atoms with Gasteiger partial charge in [-0.05, 0) is 57.7 Å². The Morgan fingerprint density at radius 3 is 2.15 bits per heavy atom. The third kappa shape index (κ3) is 5.24. The zero-order chi connectivity index (χ0) is 15.3. The van der Waals surface area contributed by atoms with Gasteiger partial charge in [-0.15, -0.1) is 0 Å². The number of carbonyl (C=O) groups excluding carboxylic acids is 1. The Balaban J connectivity index is 2.62. The molecule has 0 aromatic heterocycles. The molecule has 0 fully saturated rings. The van der Waals surface area contributed by atoms with E-state index in [0.717, 1.165) is 6.42 Å². The number of hydrogen-bond donors (Lipinski definition) is 0. The minimum absolute atomic E-state index is 0.344. The third-order valence-electron chi connectivity index (χ3n) is 3.11. The predicted molar refractivity (Wildman–Crippen MR) is 81.1 cm³/mol. The fraction of sp³-hybridized carbons (Fsp3) is 0.588. The Morgan fingerprint density at radius 1 is 1.15 bits per heavy atom. The Kier molecular flexibility index (Phi) is 5.61. The van der Waals surface area contributed by atoms with Crippen LogP contribution >= 0.6 is 0 Å². The van der Waals surface area contributed by atoms with Crippen LogP contribution in [-0.4, -0.2) is 17.7 Å². The zero-order valence-corrected chi connectivity index (χ0v) is 13.4. The van der Waals surface area contributed by atoms with Gasteiger partial charge in [-0.2, -0.15) is 0 Å². The lowest BCUT2D eigenvalue weighted by molar-refractivity contribution is -0.162. The molecule has 0 spiro atoms. The molecule has 20 heavy (non-hydrogen) atoms. The van der Waals surface area contributed by atoms with Crippen molar-refractivity contribution in [3.05, 3.63) is 29.8 Å². The van der Waals surface area contributed by atoms with E-state index in [2.05, 4.69) is 13.8 Å². The van der Waals surface area contributed by atoms with E-state index in [9.17, 15) is 4.79 Å². The molecule has 2 atom stereocenters. The van der Waals surface area contributed by atoms with E-state index >= 15 is 0 Å². The van der Waals surface area contributed by atoms with Crippen molar-refractivity contribution in [1.29, 1.82) is 0 Å². The van der Waals surface area contributed by atoms with Gasteiger partial charge in [0.2, 0.25) is 0 Å². The molecule has 1 aromatic carbocycles. The number of esters is 1. The SMILES string of the molecule is CCC(C)c1ccc(OC(C)C(=O)OC(C)(C)C)cc1. The molecule has 0 saturated carbocycles. The van der Waals surface area contributed by atoms with E-state index in [0.29, 0.717) is 11.7 Å². The molecule has 0 N–H and O–H groups in total. The minimum Gasteiger partial charge on any atom is -0.479 e. The van der Waals surface area contributed by atoms with Crippen LogP contribution in [0.25, 0.3) is 0 Å². The second-order valence-corrected chi connectivity index (χ2v) is 6.17. The normalized spacial score (nSPS) is 14.5. The van der Waals surface area contributed by atoms with Crippen LogP contribution in [0.2, 0.25) is 0 Å². The molecule has 0 heterocycles. The summed E-state index contributed by atoms with van der Waals surface area (Å²) in [5.41, 5.74) is 0.791. The molecule has 0 saturated heterocycles. The Bertz CT molecular complexity index is 429. The van der Waals surface area contributed by atoms with Crippen LogP contribution in [0.1, 0.15) is 59.4 Å². The molecule has 0 radical (unpaired) electrons.